The van der Waals surface area contributed by atoms with Crippen LogP contribution in [-0.4, -0.2) is 28.1 Å². The van der Waals surface area contributed by atoms with Crippen LogP contribution in [0.5, 0.6) is 0 Å². The number of aromatic nitrogens is 2. The molecule has 0 bridgehead atoms. The van der Waals surface area contributed by atoms with E-state index in [-0.39, 0.29) is 5.91 Å². The third-order valence-corrected chi connectivity index (χ3v) is 4.54. The molecule has 1 aliphatic carbocycles. The Kier molecular flexibility index (Phi) is 3.93. The molecule has 1 aromatic heterocycles. The molecule has 114 valence electrons. The van der Waals surface area contributed by atoms with Gasteiger partial charge in [-0.1, -0.05) is 0 Å². The summed E-state index contributed by atoms with van der Waals surface area (Å²) in [5.74, 6) is 0.655. The lowest BCUT2D eigenvalue weighted by molar-refractivity contribution is -0.139. The molecule has 0 spiro atoms. The molecular formula is C16H23N3O2. The lowest BCUT2D eigenvalue weighted by Crippen LogP contribution is -2.43. The van der Waals surface area contributed by atoms with Crippen LogP contribution in [0.15, 0.2) is 0 Å². The highest BCUT2D eigenvalue weighted by molar-refractivity contribution is 5.84. The number of fused-ring (bicyclic) bond motifs is 1. The van der Waals surface area contributed by atoms with E-state index in [9.17, 15) is 4.79 Å². The molecule has 5 heteroatoms. The van der Waals surface area contributed by atoms with Gasteiger partial charge in [-0.25, -0.2) is 9.97 Å². The average Bonchev–Trinajstić information content (AvgIpc) is 2.93. The predicted octanol–water partition coefficient (Wildman–Crippen LogP) is 1.85. The molecule has 2 aliphatic rings. The summed E-state index contributed by atoms with van der Waals surface area (Å²) in [6, 6.07) is 0. The second kappa shape index (κ2) is 5.72. The SMILES string of the molecule is Cc1nc(CNC(=O)C2(C)CCCO2)nc2c1CCCC2. The van der Waals surface area contributed by atoms with Gasteiger partial charge in [0.2, 0.25) is 0 Å². The van der Waals surface area contributed by atoms with E-state index < -0.39 is 5.60 Å². The number of carbonyl (C=O) groups excluding carboxylic acids is 1. The average molecular weight is 289 g/mol. The van der Waals surface area contributed by atoms with E-state index in [2.05, 4.69) is 15.3 Å². The standard InChI is InChI=1S/C16H23N3O2/c1-11-12-6-3-4-7-13(12)19-14(18-11)10-17-15(20)16(2)8-5-9-21-16/h3-10H2,1-2H3,(H,17,20). The van der Waals surface area contributed by atoms with Crippen molar-refractivity contribution in [1.82, 2.24) is 15.3 Å². The Morgan fingerprint density at radius 3 is 2.86 bits per heavy atom. The van der Waals surface area contributed by atoms with Gasteiger partial charge < -0.3 is 10.1 Å². The van der Waals surface area contributed by atoms with Crippen LogP contribution in [-0.2, 0) is 28.9 Å². The molecule has 1 saturated heterocycles. The summed E-state index contributed by atoms with van der Waals surface area (Å²) in [5.41, 5.74) is 2.86. The normalized spacial score (nSPS) is 24.7. The molecule has 1 unspecified atom stereocenters. The highest BCUT2D eigenvalue weighted by Crippen LogP contribution is 2.25. The van der Waals surface area contributed by atoms with E-state index in [1.165, 1.54) is 24.1 Å². The summed E-state index contributed by atoms with van der Waals surface area (Å²) in [7, 11) is 0. The monoisotopic (exact) mass is 289 g/mol. The number of ether oxygens (including phenoxy) is 1. The fourth-order valence-corrected chi connectivity index (χ4v) is 3.23. The molecule has 0 aromatic carbocycles. The van der Waals surface area contributed by atoms with Crippen LogP contribution < -0.4 is 5.32 Å². The largest absolute Gasteiger partial charge is 0.365 e. The zero-order valence-corrected chi connectivity index (χ0v) is 12.9. The Bertz CT molecular complexity index is 551. The summed E-state index contributed by atoms with van der Waals surface area (Å²) in [6.45, 7) is 4.94. The Morgan fingerprint density at radius 2 is 2.10 bits per heavy atom. The molecule has 1 aliphatic heterocycles. The van der Waals surface area contributed by atoms with Gasteiger partial charge in [-0.15, -0.1) is 0 Å². The fourth-order valence-electron chi connectivity index (χ4n) is 3.23. The minimum absolute atomic E-state index is 0.0565. The first-order valence-electron chi connectivity index (χ1n) is 7.86. The van der Waals surface area contributed by atoms with Crippen molar-refractivity contribution < 1.29 is 9.53 Å². The van der Waals surface area contributed by atoms with E-state index in [4.69, 9.17) is 4.74 Å². The van der Waals surface area contributed by atoms with Gasteiger partial charge in [0.05, 0.1) is 6.54 Å². The maximum absolute atomic E-state index is 12.2. The van der Waals surface area contributed by atoms with Crippen molar-refractivity contribution in [3.8, 4) is 0 Å². The topological polar surface area (TPSA) is 64.1 Å². The number of hydrogen-bond acceptors (Lipinski definition) is 4. The number of nitrogens with zero attached hydrogens (tertiary/aromatic N) is 2. The van der Waals surface area contributed by atoms with Gasteiger partial charge >= 0.3 is 0 Å². The van der Waals surface area contributed by atoms with Crippen molar-refractivity contribution in [2.24, 2.45) is 0 Å². The number of aryl methyl sites for hydroxylation is 2. The molecule has 5 nitrogen and oxygen atoms in total. The van der Waals surface area contributed by atoms with Gasteiger partial charge in [0.25, 0.3) is 5.91 Å². The van der Waals surface area contributed by atoms with Gasteiger partial charge in [-0.3, -0.25) is 4.79 Å². The van der Waals surface area contributed by atoms with E-state index in [0.29, 0.717) is 19.0 Å². The highest BCUT2D eigenvalue weighted by Gasteiger charge is 2.37. The van der Waals surface area contributed by atoms with Crippen molar-refractivity contribution in [3.63, 3.8) is 0 Å². The Balaban J connectivity index is 1.68. The zero-order valence-electron chi connectivity index (χ0n) is 12.9. The smallest absolute Gasteiger partial charge is 0.252 e. The molecule has 1 amide bonds. The van der Waals surface area contributed by atoms with E-state index >= 15 is 0 Å². The van der Waals surface area contributed by atoms with Crippen molar-refractivity contribution >= 4 is 5.91 Å². The van der Waals surface area contributed by atoms with Gasteiger partial charge in [0.15, 0.2) is 0 Å². The lowest BCUT2D eigenvalue weighted by Gasteiger charge is -2.22. The number of nitrogens with one attached hydrogen (secondary N) is 1. The highest BCUT2D eigenvalue weighted by atomic mass is 16.5. The predicted molar refractivity (Wildman–Crippen MR) is 78.8 cm³/mol. The second-order valence-electron chi connectivity index (χ2n) is 6.22. The molecule has 0 radical (unpaired) electrons. The summed E-state index contributed by atoms with van der Waals surface area (Å²) < 4.78 is 5.55. The van der Waals surface area contributed by atoms with Crippen molar-refractivity contribution in [2.45, 2.75) is 64.5 Å². The number of hydrogen-bond donors (Lipinski definition) is 1. The second-order valence-corrected chi connectivity index (χ2v) is 6.22. The van der Waals surface area contributed by atoms with Gasteiger partial charge in [0.1, 0.15) is 11.4 Å². The maximum Gasteiger partial charge on any atom is 0.252 e. The van der Waals surface area contributed by atoms with Crippen molar-refractivity contribution in [3.05, 3.63) is 22.8 Å². The Morgan fingerprint density at radius 1 is 1.29 bits per heavy atom. The summed E-state index contributed by atoms with van der Waals surface area (Å²) in [6.07, 6.45) is 6.26. The zero-order chi connectivity index (χ0) is 14.9. The lowest BCUT2D eigenvalue weighted by atomic mass is 9.95. The van der Waals surface area contributed by atoms with Gasteiger partial charge in [0, 0.05) is 18.0 Å². The van der Waals surface area contributed by atoms with Crippen molar-refractivity contribution in [1.29, 1.82) is 0 Å². The van der Waals surface area contributed by atoms with Crippen LogP contribution >= 0.6 is 0 Å². The van der Waals surface area contributed by atoms with Crippen LogP contribution in [0.25, 0.3) is 0 Å². The molecule has 1 fully saturated rings. The molecular weight excluding hydrogens is 266 g/mol. The molecule has 21 heavy (non-hydrogen) atoms. The first-order chi connectivity index (χ1) is 10.1. The first kappa shape index (κ1) is 14.4. The molecule has 1 N–H and O–H groups in total. The molecule has 1 aromatic rings. The molecule has 1 atom stereocenters. The van der Waals surface area contributed by atoms with Crippen LogP contribution in [0, 0.1) is 6.92 Å². The van der Waals surface area contributed by atoms with E-state index in [1.807, 2.05) is 13.8 Å². The minimum Gasteiger partial charge on any atom is -0.365 e. The fraction of sp³-hybridized carbons (Fsp3) is 0.688. The number of carbonyl (C=O) groups is 1. The summed E-state index contributed by atoms with van der Waals surface area (Å²) in [4.78, 5) is 21.4. The third-order valence-electron chi connectivity index (χ3n) is 4.54. The van der Waals surface area contributed by atoms with Crippen LogP contribution in [0.3, 0.4) is 0 Å². The Labute approximate surface area is 125 Å². The summed E-state index contributed by atoms with van der Waals surface area (Å²) >= 11 is 0. The minimum atomic E-state index is -0.677. The van der Waals surface area contributed by atoms with Gasteiger partial charge in [-0.05, 0) is 57.9 Å². The number of amides is 1. The van der Waals surface area contributed by atoms with Crippen molar-refractivity contribution in [2.75, 3.05) is 6.61 Å². The van der Waals surface area contributed by atoms with Gasteiger partial charge in [-0.2, -0.15) is 0 Å². The maximum atomic E-state index is 12.2. The third kappa shape index (κ3) is 2.93. The van der Waals surface area contributed by atoms with Crippen LogP contribution in [0.4, 0.5) is 0 Å². The molecule has 2 heterocycles. The van der Waals surface area contributed by atoms with Crippen LogP contribution in [0.2, 0.25) is 0 Å². The summed E-state index contributed by atoms with van der Waals surface area (Å²) in [5, 5.41) is 2.93. The Hall–Kier alpha value is -1.49. The van der Waals surface area contributed by atoms with E-state index in [1.54, 1.807) is 0 Å². The quantitative estimate of drug-likeness (QED) is 0.922. The molecule has 3 rings (SSSR count). The van der Waals surface area contributed by atoms with E-state index in [0.717, 1.165) is 31.4 Å². The first-order valence-corrected chi connectivity index (χ1v) is 7.86. The molecule has 0 saturated carbocycles. The van der Waals surface area contributed by atoms with Crippen LogP contribution in [0.1, 0.15) is 55.4 Å². The number of rotatable bonds is 3.